The first-order valence-corrected chi connectivity index (χ1v) is 5.84. The summed E-state index contributed by atoms with van der Waals surface area (Å²) in [5, 5.41) is 11.0. The van der Waals surface area contributed by atoms with Crippen LogP contribution < -0.4 is 0 Å². The summed E-state index contributed by atoms with van der Waals surface area (Å²) in [7, 11) is 0. The molecular weight excluding hydrogens is 266 g/mol. The summed E-state index contributed by atoms with van der Waals surface area (Å²) in [6, 6.07) is 4.36. The monoisotopic (exact) mass is 275 g/mol. The van der Waals surface area contributed by atoms with Crippen LogP contribution in [-0.2, 0) is 0 Å². The molecule has 6 heteroatoms. The number of rotatable bonds is 3. The lowest BCUT2D eigenvalue weighted by Gasteiger charge is -2.02. The second-order valence-electron chi connectivity index (χ2n) is 3.88. The molecule has 1 aromatic carbocycles. The number of nitro benzene ring substituents is 1. The highest BCUT2D eigenvalue weighted by Crippen LogP contribution is 2.25. The van der Waals surface area contributed by atoms with Crippen molar-refractivity contribution in [1.29, 1.82) is 0 Å². The van der Waals surface area contributed by atoms with E-state index >= 15 is 0 Å². The van der Waals surface area contributed by atoms with Crippen molar-refractivity contribution >= 4 is 28.9 Å². The molecule has 0 aliphatic carbocycles. The molecule has 1 heterocycles. The summed E-state index contributed by atoms with van der Waals surface area (Å²) < 4.78 is 0. The average molecular weight is 276 g/mol. The van der Waals surface area contributed by atoms with Gasteiger partial charge in [0.2, 0.25) is 0 Å². The zero-order valence-electron chi connectivity index (χ0n) is 10.1. The standard InChI is InChI=1S/C13H10ClN3O2/c1-9(13-8-15-4-5-16-13)6-10-2-3-11(17(18)19)7-12(10)14/h2-8H,1H3/b9-6-. The summed E-state index contributed by atoms with van der Waals surface area (Å²) in [4.78, 5) is 18.3. The number of halogens is 1. The Kier molecular flexibility index (Phi) is 3.87. The zero-order valence-corrected chi connectivity index (χ0v) is 10.8. The Bertz CT molecular complexity index is 642. The summed E-state index contributed by atoms with van der Waals surface area (Å²) in [6.07, 6.45) is 6.65. The van der Waals surface area contributed by atoms with Gasteiger partial charge in [-0.15, -0.1) is 0 Å². The first kappa shape index (κ1) is 13.2. The molecule has 0 amide bonds. The molecule has 0 radical (unpaired) electrons. The van der Waals surface area contributed by atoms with Gasteiger partial charge < -0.3 is 0 Å². The van der Waals surface area contributed by atoms with Crippen molar-refractivity contribution in [1.82, 2.24) is 9.97 Å². The third-order valence-electron chi connectivity index (χ3n) is 2.53. The fourth-order valence-corrected chi connectivity index (χ4v) is 1.79. The molecule has 0 N–H and O–H groups in total. The number of hydrogen-bond acceptors (Lipinski definition) is 4. The van der Waals surface area contributed by atoms with Crippen molar-refractivity contribution in [2.24, 2.45) is 0 Å². The van der Waals surface area contributed by atoms with E-state index in [0.717, 1.165) is 11.3 Å². The molecule has 5 nitrogen and oxygen atoms in total. The minimum atomic E-state index is -0.477. The molecule has 0 fully saturated rings. The van der Waals surface area contributed by atoms with Gasteiger partial charge in [0, 0.05) is 24.5 Å². The van der Waals surface area contributed by atoms with Crippen molar-refractivity contribution in [3.8, 4) is 0 Å². The summed E-state index contributed by atoms with van der Waals surface area (Å²) in [6.45, 7) is 1.88. The predicted octanol–water partition coefficient (Wildman–Crippen LogP) is 3.60. The first-order chi connectivity index (χ1) is 9.08. The molecule has 0 aliphatic rings. The summed E-state index contributed by atoms with van der Waals surface area (Å²) in [5.41, 5.74) is 2.29. The fourth-order valence-electron chi connectivity index (χ4n) is 1.56. The zero-order chi connectivity index (χ0) is 13.8. The van der Waals surface area contributed by atoms with E-state index in [0.29, 0.717) is 10.6 Å². The van der Waals surface area contributed by atoms with Gasteiger partial charge >= 0.3 is 0 Å². The molecule has 0 aliphatic heterocycles. The molecule has 96 valence electrons. The van der Waals surface area contributed by atoms with Crippen LogP contribution in [0.4, 0.5) is 5.69 Å². The van der Waals surface area contributed by atoms with E-state index in [4.69, 9.17) is 11.6 Å². The van der Waals surface area contributed by atoms with Crippen molar-refractivity contribution in [2.75, 3.05) is 0 Å². The molecule has 19 heavy (non-hydrogen) atoms. The van der Waals surface area contributed by atoms with Gasteiger partial charge in [-0.05, 0) is 30.2 Å². The van der Waals surface area contributed by atoms with Crippen LogP contribution in [0.1, 0.15) is 18.2 Å². The Morgan fingerprint density at radius 3 is 2.79 bits per heavy atom. The molecule has 0 unspecified atom stereocenters. The Morgan fingerprint density at radius 1 is 1.42 bits per heavy atom. The quantitative estimate of drug-likeness (QED) is 0.634. The van der Waals surface area contributed by atoms with Crippen LogP contribution in [-0.4, -0.2) is 14.9 Å². The molecular formula is C13H10ClN3O2. The maximum Gasteiger partial charge on any atom is 0.270 e. The van der Waals surface area contributed by atoms with Crippen LogP contribution in [0.25, 0.3) is 11.6 Å². The lowest BCUT2D eigenvalue weighted by atomic mass is 10.1. The first-order valence-electron chi connectivity index (χ1n) is 5.46. The fraction of sp³-hybridized carbons (Fsp3) is 0.0769. The van der Waals surface area contributed by atoms with Gasteiger partial charge in [-0.2, -0.15) is 0 Å². The third kappa shape index (κ3) is 3.14. The van der Waals surface area contributed by atoms with Gasteiger partial charge in [0.15, 0.2) is 0 Å². The predicted molar refractivity (Wildman–Crippen MR) is 73.7 cm³/mol. The molecule has 0 atom stereocenters. The number of allylic oxidation sites excluding steroid dienone is 1. The van der Waals surface area contributed by atoms with E-state index in [2.05, 4.69) is 9.97 Å². The average Bonchev–Trinajstić information content (AvgIpc) is 2.41. The topological polar surface area (TPSA) is 68.9 Å². The molecule has 0 spiro atoms. The van der Waals surface area contributed by atoms with Crippen LogP contribution in [0, 0.1) is 10.1 Å². The molecule has 2 aromatic rings. The molecule has 0 saturated carbocycles. The number of benzene rings is 1. The maximum atomic E-state index is 10.6. The molecule has 2 rings (SSSR count). The Labute approximate surface area is 114 Å². The van der Waals surface area contributed by atoms with Gasteiger partial charge in [-0.1, -0.05) is 11.6 Å². The van der Waals surface area contributed by atoms with Crippen molar-refractivity contribution in [3.63, 3.8) is 0 Å². The van der Waals surface area contributed by atoms with E-state index in [9.17, 15) is 10.1 Å². The Hall–Kier alpha value is -2.27. The lowest BCUT2D eigenvalue weighted by molar-refractivity contribution is -0.384. The second kappa shape index (κ2) is 5.58. The molecule has 0 saturated heterocycles. The maximum absolute atomic E-state index is 10.6. The van der Waals surface area contributed by atoms with Gasteiger partial charge in [0.05, 0.1) is 21.8 Å². The number of nitrogens with zero attached hydrogens (tertiary/aromatic N) is 3. The van der Waals surface area contributed by atoms with Gasteiger partial charge in [-0.3, -0.25) is 20.1 Å². The van der Waals surface area contributed by atoms with E-state index < -0.39 is 4.92 Å². The second-order valence-corrected chi connectivity index (χ2v) is 4.29. The van der Waals surface area contributed by atoms with E-state index in [1.54, 1.807) is 24.7 Å². The summed E-state index contributed by atoms with van der Waals surface area (Å²) >= 11 is 6.02. The van der Waals surface area contributed by atoms with Crippen LogP contribution in [0.5, 0.6) is 0 Å². The highest BCUT2D eigenvalue weighted by molar-refractivity contribution is 6.32. The van der Waals surface area contributed by atoms with E-state index in [1.807, 2.05) is 13.0 Å². The Morgan fingerprint density at radius 2 is 2.21 bits per heavy atom. The van der Waals surface area contributed by atoms with Crippen molar-refractivity contribution in [2.45, 2.75) is 6.92 Å². The smallest absolute Gasteiger partial charge is 0.261 e. The van der Waals surface area contributed by atoms with Gasteiger partial charge in [-0.25, -0.2) is 0 Å². The number of non-ortho nitro benzene ring substituents is 1. The minimum absolute atomic E-state index is 0.0284. The van der Waals surface area contributed by atoms with E-state index in [1.165, 1.54) is 12.1 Å². The van der Waals surface area contributed by atoms with Crippen molar-refractivity contribution in [3.05, 3.63) is 63.2 Å². The lowest BCUT2D eigenvalue weighted by Crippen LogP contribution is -1.89. The van der Waals surface area contributed by atoms with Crippen molar-refractivity contribution < 1.29 is 4.92 Å². The van der Waals surface area contributed by atoms with Crippen LogP contribution in [0.3, 0.4) is 0 Å². The number of hydrogen-bond donors (Lipinski definition) is 0. The SMILES string of the molecule is C/C(=C/c1ccc([N+](=O)[O-])cc1Cl)c1cnccn1. The number of aromatic nitrogens is 2. The molecule has 1 aromatic heterocycles. The van der Waals surface area contributed by atoms with Gasteiger partial charge in [0.1, 0.15) is 0 Å². The number of nitro groups is 1. The Balaban J connectivity index is 2.36. The normalized spacial score (nSPS) is 11.4. The highest BCUT2D eigenvalue weighted by atomic mass is 35.5. The third-order valence-corrected chi connectivity index (χ3v) is 2.86. The van der Waals surface area contributed by atoms with Gasteiger partial charge in [0.25, 0.3) is 5.69 Å². The highest BCUT2D eigenvalue weighted by Gasteiger charge is 2.08. The van der Waals surface area contributed by atoms with Crippen LogP contribution in [0.15, 0.2) is 36.8 Å². The van der Waals surface area contributed by atoms with Crippen LogP contribution in [0.2, 0.25) is 5.02 Å². The summed E-state index contributed by atoms with van der Waals surface area (Å²) in [5.74, 6) is 0. The molecule has 0 bridgehead atoms. The van der Waals surface area contributed by atoms with Crippen LogP contribution >= 0.6 is 11.6 Å². The van der Waals surface area contributed by atoms with E-state index in [-0.39, 0.29) is 5.69 Å². The minimum Gasteiger partial charge on any atom is -0.261 e. The largest absolute Gasteiger partial charge is 0.270 e.